The summed E-state index contributed by atoms with van der Waals surface area (Å²) >= 11 is 0. The highest BCUT2D eigenvalue weighted by Crippen LogP contribution is 2.32. The topological polar surface area (TPSA) is 105 Å². The van der Waals surface area contributed by atoms with Crippen LogP contribution in [0.1, 0.15) is 18.4 Å². The summed E-state index contributed by atoms with van der Waals surface area (Å²) < 4.78 is 0. The number of nitro benzene ring substituents is 1. The molecule has 0 aliphatic heterocycles. The standard InChI is InChI=1S/C12H14N4O2/c13-6-8-1-4-11(12(5-8)16(17)18)15-7-10(14)9-2-3-9/h1,4-5,9-10,15H,2-3,7,14H2. The molecule has 1 atom stereocenters. The first kappa shape index (κ1) is 12.3. The second-order valence-corrected chi connectivity index (χ2v) is 4.48. The lowest BCUT2D eigenvalue weighted by Gasteiger charge is -2.12. The van der Waals surface area contributed by atoms with Gasteiger partial charge in [0.25, 0.3) is 5.69 Å². The Bertz CT molecular complexity index is 505. The van der Waals surface area contributed by atoms with Crippen molar-refractivity contribution in [1.82, 2.24) is 0 Å². The van der Waals surface area contributed by atoms with Crippen molar-refractivity contribution in [3.8, 4) is 6.07 Å². The summed E-state index contributed by atoms with van der Waals surface area (Å²) in [5.74, 6) is 0.537. The Hall–Kier alpha value is -2.13. The van der Waals surface area contributed by atoms with Crippen LogP contribution in [-0.2, 0) is 0 Å². The van der Waals surface area contributed by atoms with Crippen LogP contribution in [0.4, 0.5) is 11.4 Å². The Morgan fingerprint density at radius 3 is 2.89 bits per heavy atom. The van der Waals surface area contributed by atoms with Gasteiger partial charge in [0.15, 0.2) is 0 Å². The van der Waals surface area contributed by atoms with Gasteiger partial charge >= 0.3 is 0 Å². The van der Waals surface area contributed by atoms with E-state index in [2.05, 4.69) is 5.32 Å². The SMILES string of the molecule is N#Cc1ccc(NCC(N)C2CC2)c([N+](=O)[O-])c1. The molecular formula is C12H14N4O2. The maximum absolute atomic E-state index is 10.9. The Balaban J connectivity index is 2.11. The summed E-state index contributed by atoms with van der Waals surface area (Å²) in [6, 6.07) is 6.29. The monoisotopic (exact) mass is 246 g/mol. The summed E-state index contributed by atoms with van der Waals surface area (Å²) in [6.07, 6.45) is 2.27. The summed E-state index contributed by atoms with van der Waals surface area (Å²) in [7, 11) is 0. The average Bonchev–Trinajstić information content (AvgIpc) is 3.19. The van der Waals surface area contributed by atoms with E-state index in [0.717, 1.165) is 12.8 Å². The van der Waals surface area contributed by atoms with Crippen LogP contribution in [0.15, 0.2) is 18.2 Å². The predicted octanol–water partition coefficient (Wildman–Crippen LogP) is 1.62. The van der Waals surface area contributed by atoms with Crippen LogP contribution in [0.25, 0.3) is 0 Å². The van der Waals surface area contributed by atoms with E-state index in [1.165, 1.54) is 6.07 Å². The number of rotatable bonds is 5. The summed E-state index contributed by atoms with van der Waals surface area (Å²) in [5, 5.41) is 22.6. The second-order valence-electron chi connectivity index (χ2n) is 4.48. The number of hydrogen-bond acceptors (Lipinski definition) is 5. The minimum absolute atomic E-state index is 0.0280. The van der Waals surface area contributed by atoms with Gasteiger partial charge in [0, 0.05) is 18.7 Å². The molecule has 0 saturated heterocycles. The molecule has 6 heteroatoms. The molecule has 6 nitrogen and oxygen atoms in total. The van der Waals surface area contributed by atoms with E-state index in [0.29, 0.717) is 18.2 Å². The van der Waals surface area contributed by atoms with E-state index < -0.39 is 4.92 Å². The van der Waals surface area contributed by atoms with Crippen LogP contribution in [0.2, 0.25) is 0 Å². The van der Waals surface area contributed by atoms with Crippen molar-refractivity contribution in [2.24, 2.45) is 11.7 Å². The van der Waals surface area contributed by atoms with Gasteiger partial charge < -0.3 is 11.1 Å². The molecule has 2 rings (SSSR count). The molecule has 0 radical (unpaired) electrons. The quantitative estimate of drug-likeness (QED) is 0.606. The number of nitrogens with two attached hydrogens (primary N) is 1. The first-order valence-electron chi connectivity index (χ1n) is 5.80. The first-order chi connectivity index (χ1) is 8.61. The molecule has 1 aliphatic rings. The minimum atomic E-state index is -0.494. The average molecular weight is 246 g/mol. The van der Waals surface area contributed by atoms with E-state index >= 15 is 0 Å². The van der Waals surface area contributed by atoms with Crippen LogP contribution in [0.5, 0.6) is 0 Å². The van der Waals surface area contributed by atoms with Gasteiger partial charge in [0.05, 0.1) is 16.6 Å². The fourth-order valence-corrected chi connectivity index (χ4v) is 1.82. The number of nitrogens with one attached hydrogen (secondary N) is 1. The first-order valence-corrected chi connectivity index (χ1v) is 5.80. The number of nitro groups is 1. The van der Waals surface area contributed by atoms with Gasteiger partial charge in [0.2, 0.25) is 0 Å². The fourth-order valence-electron chi connectivity index (χ4n) is 1.82. The van der Waals surface area contributed by atoms with Crippen molar-refractivity contribution >= 4 is 11.4 Å². The van der Waals surface area contributed by atoms with Gasteiger partial charge in [-0.25, -0.2) is 0 Å². The van der Waals surface area contributed by atoms with Gasteiger partial charge in [-0.2, -0.15) is 5.26 Å². The third-order valence-corrected chi connectivity index (χ3v) is 3.08. The second kappa shape index (κ2) is 5.02. The predicted molar refractivity (Wildman–Crippen MR) is 67.0 cm³/mol. The normalized spacial score (nSPS) is 15.8. The molecule has 1 aliphatic carbocycles. The molecular weight excluding hydrogens is 232 g/mol. The highest BCUT2D eigenvalue weighted by molar-refractivity contribution is 5.64. The number of nitriles is 1. The zero-order valence-electron chi connectivity index (χ0n) is 9.80. The van der Waals surface area contributed by atoms with Gasteiger partial charge in [-0.15, -0.1) is 0 Å². The molecule has 0 amide bonds. The maximum Gasteiger partial charge on any atom is 0.293 e. The Morgan fingerprint density at radius 2 is 2.33 bits per heavy atom. The number of nitrogens with zero attached hydrogens (tertiary/aromatic N) is 2. The van der Waals surface area contributed by atoms with E-state index in [9.17, 15) is 10.1 Å². The molecule has 1 saturated carbocycles. The molecule has 1 aromatic rings. The zero-order valence-corrected chi connectivity index (χ0v) is 9.80. The van der Waals surface area contributed by atoms with Gasteiger partial charge in [0.1, 0.15) is 5.69 Å². The Labute approximate surface area is 105 Å². The largest absolute Gasteiger partial charge is 0.378 e. The van der Waals surface area contributed by atoms with Crippen LogP contribution in [0, 0.1) is 27.4 Å². The molecule has 0 spiro atoms. The maximum atomic E-state index is 10.9. The number of anilines is 1. The van der Waals surface area contributed by atoms with Gasteiger partial charge in [-0.3, -0.25) is 10.1 Å². The lowest BCUT2D eigenvalue weighted by Crippen LogP contribution is -2.31. The number of benzene rings is 1. The van der Waals surface area contributed by atoms with Crippen LogP contribution < -0.4 is 11.1 Å². The highest BCUT2D eigenvalue weighted by Gasteiger charge is 2.28. The van der Waals surface area contributed by atoms with Crippen LogP contribution in [-0.4, -0.2) is 17.5 Å². The van der Waals surface area contributed by atoms with E-state index in [4.69, 9.17) is 11.0 Å². The highest BCUT2D eigenvalue weighted by atomic mass is 16.6. The molecule has 1 fully saturated rings. The van der Waals surface area contributed by atoms with Crippen molar-refractivity contribution in [2.75, 3.05) is 11.9 Å². The van der Waals surface area contributed by atoms with Crippen molar-refractivity contribution in [1.29, 1.82) is 5.26 Å². The summed E-state index contributed by atoms with van der Waals surface area (Å²) in [6.45, 7) is 0.511. The van der Waals surface area contributed by atoms with E-state index in [-0.39, 0.29) is 17.3 Å². The van der Waals surface area contributed by atoms with Crippen LogP contribution >= 0.6 is 0 Å². The van der Waals surface area contributed by atoms with E-state index in [1.54, 1.807) is 12.1 Å². The third-order valence-electron chi connectivity index (χ3n) is 3.08. The molecule has 0 heterocycles. The van der Waals surface area contributed by atoms with Crippen molar-refractivity contribution in [3.63, 3.8) is 0 Å². The summed E-state index contributed by atoms with van der Waals surface area (Å²) in [5.41, 5.74) is 6.53. The number of hydrogen-bond donors (Lipinski definition) is 2. The molecule has 3 N–H and O–H groups in total. The molecule has 1 unspecified atom stereocenters. The molecule has 0 bridgehead atoms. The molecule has 94 valence electrons. The lowest BCUT2D eigenvalue weighted by molar-refractivity contribution is -0.384. The van der Waals surface area contributed by atoms with Gasteiger partial charge in [-0.1, -0.05) is 0 Å². The lowest BCUT2D eigenvalue weighted by atomic mass is 10.1. The van der Waals surface area contributed by atoms with Gasteiger partial charge in [-0.05, 0) is 30.9 Å². The van der Waals surface area contributed by atoms with Crippen molar-refractivity contribution < 1.29 is 4.92 Å². The minimum Gasteiger partial charge on any atom is -0.378 e. The van der Waals surface area contributed by atoms with Crippen molar-refractivity contribution in [2.45, 2.75) is 18.9 Å². The molecule has 0 aromatic heterocycles. The summed E-state index contributed by atoms with van der Waals surface area (Å²) in [4.78, 5) is 10.4. The molecule has 1 aromatic carbocycles. The zero-order chi connectivity index (χ0) is 13.1. The third kappa shape index (κ3) is 2.76. The Kier molecular flexibility index (Phi) is 3.44. The molecule has 18 heavy (non-hydrogen) atoms. The smallest absolute Gasteiger partial charge is 0.293 e. The van der Waals surface area contributed by atoms with E-state index in [1.807, 2.05) is 6.07 Å². The van der Waals surface area contributed by atoms with Crippen molar-refractivity contribution in [3.05, 3.63) is 33.9 Å². The van der Waals surface area contributed by atoms with Crippen LogP contribution in [0.3, 0.4) is 0 Å². The fraction of sp³-hybridized carbons (Fsp3) is 0.417. The Morgan fingerprint density at radius 1 is 1.61 bits per heavy atom.